The van der Waals surface area contributed by atoms with Crippen LogP contribution in [0.15, 0.2) is 48.7 Å². The minimum Gasteiger partial charge on any atom is -0.369 e. The molecule has 0 aliphatic carbocycles. The van der Waals surface area contributed by atoms with Crippen LogP contribution in [0, 0.1) is 13.8 Å². The Bertz CT molecular complexity index is 951. The quantitative estimate of drug-likeness (QED) is 0.636. The van der Waals surface area contributed by atoms with Crippen LogP contribution in [0.1, 0.15) is 46.8 Å². The lowest BCUT2D eigenvalue weighted by molar-refractivity contribution is -0.0351. The summed E-state index contributed by atoms with van der Waals surface area (Å²) in [4.78, 5) is 7.26. The summed E-state index contributed by atoms with van der Waals surface area (Å²) in [6.07, 6.45) is 3.10. The average molecular weight is 391 g/mol. The summed E-state index contributed by atoms with van der Waals surface area (Å²) >= 11 is 0. The zero-order chi connectivity index (χ0) is 20.2. The Labute approximate surface area is 173 Å². The lowest BCUT2D eigenvalue weighted by Gasteiger charge is -2.32. The minimum absolute atomic E-state index is 0.0136. The Morgan fingerprint density at radius 1 is 1.10 bits per heavy atom. The van der Waals surface area contributed by atoms with Gasteiger partial charge >= 0.3 is 0 Å². The first-order valence-electron chi connectivity index (χ1n) is 10.5. The van der Waals surface area contributed by atoms with Gasteiger partial charge in [0, 0.05) is 43.6 Å². The van der Waals surface area contributed by atoms with Crippen LogP contribution in [0.2, 0.25) is 0 Å². The molecule has 152 valence electrons. The maximum Gasteiger partial charge on any atom is 0.112 e. The Morgan fingerprint density at radius 2 is 1.93 bits per heavy atom. The summed E-state index contributed by atoms with van der Waals surface area (Å²) in [5.74, 6) is 0. The highest BCUT2D eigenvalue weighted by molar-refractivity contribution is 5.29. The molecule has 5 heteroatoms. The molecule has 1 unspecified atom stereocenters. The summed E-state index contributed by atoms with van der Waals surface area (Å²) in [5.41, 5.74) is 7.12. The zero-order valence-corrected chi connectivity index (χ0v) is 17.6. The molecular formula is C24H30N4O. The van der Waals surface area contributed by atoms with Crippen LogP contribution in [-0.4, -0.2) is 39.4 Å². The largest absolute Gasteiger partial charge is 0.369 e. The second-order valence-corrected chi connectivity index (χ2v) is 7.89. The van der Waals surface area contributed by atoms with E-state index in [2.05, 4.69) is 79.4 Å². The molecule has 0 N–H and O–H groups in total. The van der Waals surface area contributed by atoms with Gasteiger partial charge in [0.05, 0.1) is 18.0 Å². The molecule has 0 bridgehead atoms. The average Bonchev–Trinajstić information content (AvgIpc) is 3.08. The van der Waals surface area contributed by atoms with Gasteiger partial charge in [0.1, 0.15) is 6.10 Å². The molecule has 1 aliphatic heterocycles. The number of aryl methyl sites for hydroxylation is 3. The van der Waals surface area contributed by atoms with Gasteiger partial charge in [0.15, 0.2) is 0 Å². The van der Waals surface area contributed by atoms with Crippen molar-refractivity contribution in [2.24, 2.45) is 0 Å². The van der Waals surface area contributed by atoms with E-state index in [0.29, 0.717) is 0 Å². The summed E-state index contributed by atoms with van der Waals surface area (Å²) in [6, 6.07) is 15.0. The number of ether oxygens (including phenoxy) is 1. The van der Waals surface area contributed by atoms with Gasteiger partial charge in [0.25, 0.3) is 0 Å². The van der Waals surface area contributed by atoms with E-state index in [4.69, 9.17) is 9.72 Å². The highest BCUT2D eigenvalue weighted by atomic mass is 16.5. The lowest BCUT2D eigenvalue weighted by Crippen LogP contribution is -2.38. The second kappa shape index (κ2) is 8.89. The molecule has 4 rings (SSSR count). The number of benzene rings is 1. The van der Waals surface area contributed by atoms with Crippen molar-refractivity contribution in [3.63, 3.8) is 0 Å². The molecule has 1 aliphatic rings. The Kier molecular flexibility index (Phi) is 6.07. The third-order valence-electron chi connectivity index (χ3n) is 5.53. The van der Waals surface area contributed by atoms with E-state index in [1.807, 2.05) is 4.68 Å². The standard InChI is InChI=1S/C24H30N4O/c1-4-28-16-22(19(3)26-28)15-27-10-11-29-24(17-27)23-14-21(12-18(2)25-23)13-20-8-6-5-7-9-20/h5-9,12,14,16,24H,4,10-11,13,15,17H2,1-3H3. The van der Waals surface area contributed by atoms with E-state index in [1.165, 1.54) is 16.7 Å². The summed E-state index contributed by atoms with van der Waals surface area (Å²) < 4.78 is 8.14. The lowest BCUT2D eigenvalue weighted by atomic mass is 10.0. The minimum atomic E-state index is 0.0136. The van der Waals surface area contributed by atoms with Crippen LogP contribution < -0.4 is 0 Å². The van der Waals surface area contributed by atoms with Gasteiger partial charge in [-0.3, -0.25) is 14.6 Å². The van der Waals surface area contributed by atoms with Gasteiger partial charge in [-0.15, -0.1) is 0 Å². The van der Waals surface area contributed by atoms with Crippen LogP contribution in [0.5, 0.6) is 0 Å². The van der Waals surface area contributed by atoms with Crippen molar-refractivity contribution in [1.29, 1.82) is 0 Å². The summed E-state index contributed by atoms with van der Waals surface area (Å²) in [6.45, 7) is 10.6. The summed E-state index contributed by atoms with van der Waals surface area (Å²) in [5, 5.41) is 4.58. The van der Waals surface area contributed by atoms with Crippen molar-refractivity contribution >= 4 is 0 Å². The Hall–Kier alpha value is -2.50. The molecule has 3 heterocycles. The van der Waals surface area contributed by atoms with Crippen molar-refractivity contribution in [2.45, 2.75) is 46.4 Å². The van der Waals surface area contributed by atoms with Crippen LogP contribution in [-0.2, 0) is 24.2 Å². The van der Waals surface area contributed by atoms with Crippen LogP contribution >= 0.6 is 0 Å². The molecule has 1 atom stereocenters. The predicted molar refractivity (Wildman–Crippen MR) is 115 cm³/mol. The SMILES string of the molecule is CCn1cc(CN2CCOC(c3cc(Cc4ccccc4)cc(C)n3)C2)c(C)n1. The van der Waals surface area contributed by atoms with Gasteiger partial charge in [-0.25, -0.2) is 0 Å². The zero-order valence-electron chi connectivity index (χ0n) is 17.6. The van der Waals surface area contributed by atoms with E-state index in [-0.39, 0.29) is 6.10 Å². The van der Waals surface area contributed by atoms with Crippen LogP contribution in [0.25, 0.3) is 0 Å². The molecule has 5 nitrogen and oxygen atoms in total. The Balaban J connectivity index is 1.48. The molecular weight excluding hydrogens is 360 g/mol. The molecule has 0 amide bonds. The molecule has 3 aromatic rings. The predicted octanol–water partition coefficient (Wildman–Crippen LogP) is 4.08. The molecule has 1 saturated heterocycles. The smallest absolute Gasteiger partial charge is 0.112 e. The molecule has 29 heavy (non-hydrogen) atoms. The first kappa shape index (κ1) is 19.8. The van der Waals surface area contributed by atoms with E-state index < -0.39 is 0 Å². The maximum absolute atomic E-state index is 6.12. The fourth-order valence-electron chi connectivity index (χ4n) is 4.01. The number of aromatic nitrogens is 3. The Morgan fingerprint density at radius 3 is 2.69 bits per heavy atom. The number of hydrogen-bond acceptors (Lipinski definition) is 4. The number of nitrogens with zero attached hydrogens (tertiary/aromatic N) is 4. The molecule has 1 fully saturated rings. The molecule has 0 radical (unpaired) electrons. The van der Waals surface area contributed by atoms with Crippen LogP contribution in [0.3, 0.4) is 0 Å². The molecule has 2 aromatic heterocycles. The molecule has 0 spiro atoms. The van der Waals surface area contributed by atoms with E-state index in [1.54, 1.807) is 0 Å². The van der Waals surface area contributed by atoms with Gasteiger partial charge in [-0.05, 0) is 50.5 Å². The van der Waals surface area contributed by atoms with Crippen molar-refractivity contribution in [1.82, 2.24) is 19.7 Å². The maximum atomic E-state index is 6.12. The van der Waals surface area contributed by atoms with Crippen molar-refractivity contribution < 1.29 is 4.74 Å². The van der Waals surface area contributed by atoms with E-state index >= 15 is 0 Å². The van der Waals surface area contributed by atoms with Gasteiger partial charge in [-0.2, -0.15) is 5.10 Å². The highest BCUT2D eigenvalue weighted by Crippen LogP contribution is 2.24. The van der Waals surface area contributed by atoms with Gasteiger partial charge in [0.2, 0.25) is 0 Å². The monoisotopic (exact) mass is 390 g/mol. The van der Waals surface area contributed by atoms with Gasteiger partial charge < -0.3 is 4.74 Å². The molecule has 1 aromatic carbocycles. The van der Waals surface area contributed by atoms with Crippen molar-refractivity contribution in [3.8, 4) is 0 Å². The number of hydrogen-bond donors (Lipinski definition) is 0. The number of morpholine rings is 1. The topological polar surface area (TPSA) is 43.2 Å². The van der Waals surface area contributed by atoms with Crippen LogP contribution in [0.4, 0.5) is 0 Å². The van der Waals surface area contributed by atoms with Crippen molar-refractivity contribution in [2.75, 3.05) is 19.7 Å². The first-order chi connectivity index (χ1) is 14.1. The second-order valence-electron chi connectivity index (χ2n) is 7.89. The highest BCUT2D eigenvalue weighted by Gasteiger charge is 2.24. The van der Waals surface area contributed by atoms with Crippen molar-refractivity contribution in [3.05, 3.63) is 82.4 Å². The summed E-state index contributed by atoms with van der Waals surface area (Å²) in [7, 11) is 0. The van der Waals surface area contributed by atoms with E-state index in [9.17, 15) is 0 Å². The van der Waals surface area contributed by atoms with Gasteiger partial charge in [-0.1, -0.05) is 30.3 Å². The third kappa shape index (κ3) is 4.92. The fraction of sp³-hybridized carbons (Fsp3) is 0.417. The molecule has 0 saturated carbocycles. The number of rotatable bonds is 6. The first-order valence-corrected chi connectivity index (χ1v) is 10.5. The fourth-order valence-corrected chi connectivity index (χ4v) is 4.01. The van der Waals surface area contributed by atoms with E-state index in [0.717, 1.165) is 56.3 Å². The number of pyridine rings is 1. The normalized spacial score (nSPS) is 17.6. The third-order valence-corrected chi connectivity index (χ3v) is 5.53.